The first-order valence-electron chi connectivity index (χ1n) is 6.70. The van der Waals surface area contributed by atoms with E-state index in [0.717, 1.165) is 16.8 Å². The van der Waals surface area contributed by atoms with Gasteiger partial charge in [-0.3, -0.25) is 9.59 Å². The summed E-state index contributed by atoms with van der Waals surface area (Å²) >= 11 is 0. The number of nitrogens with zero attached hydrogens (tertiary/aromatic N) is 1. The fourth-order valence-corrected chi connectivity index (χ4v) is 2.46. The molecule has 0 unspecified atom stereocenters. The Labute approximate surface area is 126 Å². The molecular formula is C17H14N2O3. The van der Waals surface area contributed by atoms with Crippen LogP contribution < -0.4 is 10.5 Å². The normalized spacial score (nSPS) is 10.6. The Morgan fingerprint density at radius 3 is 2.45 bits per heavy atom. The lowest BCUT2D eigenvalue weighted by Gasteiger charge is -2.05. The highest BCUT2D eigenvalue weighted by atomic mass is 16.5. The van der Waals surface area contributed by atoms with Crippen molar-refractivity contribution in [3.05, 3.63) is 60.4 Å². The van der Waals surface area contributed by atoms with E-state index in [0.29, 0.717) is 5.56 Å². The smallest absolute Gasteiger partial charge is 0.291 e. The molecule has 0 spiro atoms. The number of amides is 1. The summed E-state index contributed by atoms with van der Waals surface area (Å²) in [7, 11) is 1.59. The molecule has 22 heavy (non-hydrogen) atoms. The highest BCUT2D eigenvalue weighted by molar-refractivity contribution is 6.43. The maximum absolute atomic E-state index is 12.2. The average Bonchev–Trinajstić information content (AvgIpc) is 2.93. The van der Waals surface area contributed by atoms with E-state index in [4.69, 9.17) is 10.5 Å². The number of ether oxygens (including phenoxy) is 1. The minimum Gasteiger partial charge on any atom is -0.497 e. The number of methoxy groups -OCH3 is 1. The molecule has 0 fully saturated rings. The number of Topliss-reactive ketones (excluding diaryl/α,β-unsaturated/α-hetero) is 1. The van der Waals surface area contributed by atoms with Gasteiger partial charge in [0.15, 0.2) is 0 Å². The van der Waals surface area contributed by atoms with Crippen molar-refractivity contribution in [1.29, 1.82) is 0 Å². The molecular weight excluding hydrogens is 280 g/mol. The van der Waals surface area contributed by atoms with Crippen LogP contribution in [0, 0.1) is 0 Å². The predicted molar refractivity (Wildman–Crippen MR) is 82.9 cm³/mol. The summed E-state index contributed by atoms with van der Waals surface area (Å²) in [5.74, 6) is -0.967. The van der Waals surface area contributed by atoms with Crippen molar-refractivity contribution in [2.75, 3.05) is 7.11 Å². The summed E-state index contributed by atoms with van der Waals surface area (Å²) in [5, 5.41) is 0. The Bertz CT molecular complexity index is 863. The largest absolute Gasteiger partial charge is 0.497 e. The van der Waals surface area contributed by atoms with Gasteiger partial charge < -0.3 is 14.9 Å². The molecule has 0 atom stereocenters. The topological polar surface area (TPSA) is 73.8 Å². The van der Waals surface area contributed by atoms with Gasteiger partial charge >= 0.3 is 0 Å². The third-order valence-corrected chi connectivity index (χ3v) is 3.52. The fourth-order valence-electron chi connectivity index (χ4n) is 2.46. The first-order chi connectivity index (χ1) is 10.6. The van der Waals surface area contributed by atoms with Crippen molar-refractivity contribution in [3.63, 3.8) is 0 Å². The van der Waals surface area contributed by atoms with E-state index in [1.807, 2.05) is 30.3 Å². The molecule has 3 aromatic rings. The number of carbonyl (C=O) groups is 2. The van der Waals surface area contributed by atoms with Gasteiger partial charge in [0.25, 0.3) is 11.7 Å². The maximum atomic E-state index is 12.2. The lowest BCUT2D eigenvalue weighted by atomic mass is 10.0. The predicted octanol–water partition coefficient (Wildman–Crippen LogP) is 2.28. The van der Waals surface area contributed by atoms with Crippen LogP contribution in [-0.4, -0.2) is 23.2 Å². The van der Waals surface area contributed by atoms with Gasteiger partial charge in [0, 0.05) is 17.3 Å². The van der Waals surface area contributed by atoms with E-state index >= 15 is 0 Å². The number of carbonyl (C=O) groups excluding carboxylic acids is 2. The van der Waals surface area contributed by atoms with Gasteiger partial charge in [-0.25, -0.2) is 0 Å². The molecule has 1 aromatic carbocycles. The highest BCUT2D eigenvalue weighted by Gasteiger charge is 2.22. The number of pyridine rings is 1. The zero-order valence-corrected chi connectivity index (χ0v) is 11.9. The van der Waals surface area contributed by atoms with Crippen molar-refractivity contribution < 1.29 is 14.3 Å². The maximum Gasteiger partial charge on any atom is 0.291 e. The van der Waals surface area contributed by atoms with Crippen molar-refractivity contribution in [3.8, 4) is 16.9 Å². The Hall–Kier alpha value is -3.08. The monoisotopic (exact) mass is 294 g/mol. The first-order valence-corrected chi connectivity index (χ1v) is 6.70. The lowest BCUT2D eigenvalue weighted by Crippen LogP contribution is -2.24. The molecule has 2 aromatic heterocycles. The molecule has 3 rings (SSSR count). The van der Waals surface area contributed by atoms with E-state index in [-0.39, 0.29) is 5.69 Å². The van der Waals surface area contributed by atoms with E-state index in [1.54, 1.807) is 35.9 Å². The number of benzene rings is 1. The molecule has 0 saturated carbocycles. The molecule has 1 amide bonds. The number of hydrogen-bond donors (Lipinski definition) is 1. The Morgan fingerprint density at radius 1 is 1.09 bits per heavy atom. The van der Waals surface area contributed by atoms with E-state index < -0.39 is 11.7 Å². The summed E-state index contributed by atoms with van der Waals surface area (Å²) in [6.07, 6.45) is 1.73. The van der Waals surface area contributed by atoms with Crippen LogP contribution in [0.5, 0.6) is 5.75 Å². The zero-order valence-electron chi connectivity index (χ0n) is 11.9. The molecule has 0 aliphatic heterocycles. The van der Waals surface area contributed by atoms with Crippen molar-refractivity contribution in [1.82, 2.24) is 4.40 Å². The van der Waals surface area contributed by atoms with Crippen LogP contribution in [0.4, 0.5) is 0 Å². The summed E-state index contributed by atoms with van der Waals surface area (Å²) in [4.78, 5) is 23.6. The highest BCUT2D eigenvalue weighted by Crippen LogP contribution is 2.29. The van der Waals surface area contributed by atoms with Crippen LogP contribution in [0.1, 0.15) is 10.5 Å². The molecule has 5 heteroatoms. The van der Waals surface area contributed by atoms with Crippen molar-refractivity contribution in [2.24, 2.45) is 5.73 Å². The quantitative estimate of drug-likeness (QED) is 0.592. The molecule has 110 valence electrons. The summed E-state index contributed by atoms with van der Waals surface area (Å²) in [5.41, 5.74) is 7.76. The van der Waals surface area contributed by atoms with Gasteiger partial charge in [0.05, 0.1) is 7.11 Å². The van der Waals surface area contributed by atoms with Crippen molar-refractivity contribution in [2.45, 2.75) is 0 Å². The number of rotatable bonds is 4. The Balaban J connectivity index is 2.25. The number of aromatic nitrogens is 1. The molecule has 0 saturated heterocycles. The van der Waals surface area contributed by atoms with Gasteiger partial charge in [-0.05, 0) is 35.9 Å². The van der Waals surface area contributed by atoms with Gasteiger partial charge in [-0.15, -0.1) is 0 Å². The average molecular weight is 294 g/mol. The molecule has 2 heterocycles. The molecule has 0 aliphatic carbocycles. The lowest BCUT2D eigenvalue weighted by molar-refractivity contribution is -0.114. The van der Waals surface area contributed by atoms with Gasteiger partial charge in [0.2, 0.25) is 0 Å². The standard InChI is InChI=1S/C17H14N2O3/c1-22-13-7-5-11(6-8-13)14-10-12-4-2-3-9-19(12)15(14)16(20)17(18)21/h2-10H,1H3,(H2,18,21). The second-order valence-corrected chi connectivity index (χ2v) is 4.82. The second kappa shape index (κ2) is 5.37. The van der Waals surface area contributed by atoms with E-state index in [9.17, 15) is 9.59 Å². The van der Waals surface area contributed by atoms with Crippen LogP contribution in [0.25, 0.3) is 16.6 Å². The van der Waals surface area contributed by atoms with Crippen LogP contribution in [-0.2, 0) is 4.79 Å². The van der Waals surface area contributed by atoms with Gasteiger partial charge in [0.1, 0.15) is 11.4 Å². The molecule has 0 aliphatic rings. The molecule has 2 N–H and O–H groups in total. The minimum absolute atomic E-state index is 0.272. The van der Waals surface area contributed by atoms with Crippen molar-refractivity contribution >= 4 is 17.2 Å². The number of nitrogens with two attached hydrogens (primary N) is 1. The first kappa shape index (κ1) is 13.9. The number of ketones is 1. The van der Waals surface area contributed by atoms with Gasteiger partial charge in [-0.2, -0.15) is 0 Å². The van der Waals surface area contributed by atoms with Crippen LogP contribution in [0.15, 0.2) is 54.7 Å². The summed E-state index contributed by atoms with van der Waals surface area (Å²) in [6, 6.07) is 14.7. The third-order valence-electron chi connectivity index (χ3n) is 3.52. The molecule has 0 radical (unpaired) electrons. The van der Waals surface area contributed by atoms with Crippen LogP contribution in [0.2, 0.25) is 0 Å². The van der Waals surface area contributed by atoms with Crippen LogP contribution >= 0.6 is 0 Å². The fraction of sp³-hybridized carbons (Fsp3) is 0.0588. The number of hydrogen-bond acceptors (Lipinski definition) is 3. The minimum atomic E-state index is -0.974. The summed E-state index contributed by atoms with van der Waals surface area (Å²) in [6.45, 7) is 0. The van der Waals surface area contributed by atoms with E-state index in [2.05, 4.69) is 0 Å². The molecule has 0 bridgehead atoms. The molecule has 5 nitrogen and oxygen atoms in total. The third kappa shape index (κ3) is 2.22. The number of primary amides is 1. The van der Waals surface area contributed by atoms with E-state index in [1.165, 1.54) is 0 Å². The van der Waals surface area contributed by atoms with Crippen LogP contribution in [0.3, 0.4) is 0 Å². The Morgan fingerprint density at radius 2 is 1.82 bits per heavy atom. The second-order valence-electron chi connectivity index (χ2n) is 4.82. The zero-order chi connectivity index (χ0) is 15.7. The number of fused-ring (bicyclic) bond motifs is 1. The SMILES string of the molecule is COc1ccc(-c2cc3ccccn3c2C(=O)C(N)=O)cc1. The van der Waals surface area contributed by atoms with Gasteiger partial charge in [-0.1, -0.05) is 18.2 Å². The Kier molecular flexibility index (Phi) is 3.39. The summed E-state index contributed by atoms with van der Waals surface area (Å²) < 4.78 is 6.81.